The molecule has 0 unspecified atom stereocenters. The molecule has 5 nitrogen and oxygen atoms in total. The fourth-order valence-corrected chi connectivity index (χ4v) is 5.01. The minimum absolute atomic E-state index is 0.155. The molecule has 0 radical (unpaired) electrons. The van der Waals surface area contributed by atoms with Crippen molar-refractivity contribution in [2.24, 2.45) is 0 Å². The third-order valence-electron chi connectivity index (χ3n) is 5.00. The first-order chi connectivity index (χ1) is 13.5. The van der Waals surface area contributed by atoms with Crippen LogP contribution in [0, 0.1) is 0 Å². The maximum Gasteiger partial charge on any atom is 0.341 e. The fourth-order valence-electron chi connectivity index (χ4n) is 3.62. The second kappa shape index (κ2) is 9.54. The van der Waals surface area contributed by atoms with Gasteiger partial charge >= 0.3 is 5.97 Å². The molecule has 0 bridgehead atoms. The van der Waals surface area contributed by atoms with Gasteiger partial charge in [-0.25, -0.2) is 4.79 Å². The molecule has 1 heterocycles. The van der Waals surface area contributed by atoms with Gasteiger partial charge in [0.1, 0.15) is 14.9 Å². The number of likely N-dealkylation sites (N-methyl/N-ethyl adjacent to an activating group) is 1. The summed E-state index contributed by atoms with van der Waals surface area (Å²) >= 11 is 7.66. The predicted molar refractivity (Wildman–Crippen MR) is 114 cm³/mol. The summed E-state index contributed by atoms with van der Waals surface area (Å²) in [4.78, 5) is 27.4. The van der Waals surface area contributed by atoms with E-state index in [2.05, 4.69) is 10.2 Å². The Kier molecular flexibility index (Phi) is 7.10. The second-order valence-corrected chi connectivity index (χ2v) is 8.57. The average molecular weight is 421 g/mol. The number of ether oxygens (including phenoxy) is 1. The Morgan fingerprint density at radius 1 is 1.25 bits per heavy atom. The molecule has 0 aliphatic heterocycles. The lowest BCUT2D eigenvalue weighted by Crippen LogP contribution is -2.36. The van der Waals surface area contributed by atoms with Crippen LogP contribution < -0.4 is 5.32 Å². The van der Waals surface area contributed by atoms with Crippen LogP contribution in [0.2, 0.25) is 4.34 Å². The topological polar surface area (TPSA) is 58.6 Å². The second-order valence-electron chi connectivity index (χ2n) is 6.94. The number of carbonyl (C=O) groups excluding carboxylic acids is 2. The molecule has 0 spiro atoms. The van der Waals surface area contributed by atoms with Crippen molar-refractivity contribution in [2.45, 2.75) is 38.6 Å². The number of anilines is 1. The lowest BCUT2D eigenvalue weighted by Gasteiger charge is -2.23. The molecule has 1 aliphatic carbocycles. The highest BCUT2D eigenvalue weighted by molar-refractivity contribution is 7.21. The van der Waals surface area contributed by atoms with E-state index in [0.29, 0.717) is 26.5 Å². The Morgan fingerprint density at radius 3 is 2.57 bits per heavy atom. The van der Waals surface area contributed by atoms with Crippen LogP contribution in [-0.2, 0) is 9.53 Å². The summed E-state index contributed by atoms with van der Waals surface area (Å²) in [6, 6.07) is 9.88. The normalized spacial score (nSPS) is 14.4. The summed E-state index contributed by atoms with van der Waals surface area (Å²) < 4.78 is 5.69. The van der Waals surface area contributed by atoms with Crippen LogP contribution in [-0.4, -0.2) is 43.0 Å². The first-order valence-electron chi connectivity index (χ1n) is 9.56. The molecule has 1 aromatic heterocycles. The summed E-state index contributed by atoms with van der Waals surface area (Å²) in [6.45, 7) is 2.28. The molecule has 1 aliphatic rings. The van der Waals surface area contributed by atoms with Gasteiger partial charge in [0.2, 0.25) is 5.91 Å². The van der Waals surface area contributed by atoms with E-state index < -0.39 is 5.97 Å². The molecule has 2 aromatic rings. The highest BCUT2D eigenvalue weighted by atomic mass is 35.5. The van der Waals surface area contributed by atoms with E-state index in [4.69, 9.17) is 16.3 Å². The van der Waals surface area contributed by atoms with Gasteiger partial charge in [-0.05, 0) is 32.4 Å². The van der Waals surface area contributed by atoms with Gasteiger partial charge in [-0.3, -0.25) is 9.69 Å². The number of hydrogen-bond acceptors (Lipinski definition) is 5. The zero-order valence-corrected chi connectivity index (χ0v) is 17.7. The third-order valence-corrected chi connectivity index (χ3v) is 6.32. The van der Waals surface area contributed by atoms with Crippen LogP contribution in [0.5, 0.6) is 0 Å². The van der Waals surface area contributed by atoms with Crippen LogP contribution in [0.3, 0.4) is 0 Å². The van der Waals surface area contributed by atoms with Crippen LogP contribution in [0.25, 0.3) is 11.1 Å². The SMILES string of the molecule is CCOC(=O)c1c(NC(=O)CN(C)C2CCCC2)sc(Cl)c1-c1ccccc1. The molecule has 1 saturated carbocycles. The van der Waals surface area contributed by atoms with E-state index in [1.54, 1.807) is 6.92 Å². The summed E-state index contributed by atoms with van der Waals surface area (Å²) in [5, 5.41) is 3.33. The maximum absolute atomic E-state index is 12.6. The van der Waals surface area contributed by atoms with Crippen LogP contribution in [0.15, 0.2) is 30.3 Å². The summed E-state index contributed by atoms with van der Waals surface area (Å²) in [7, 11) is 1.97. The Hall–Kier alpha value is -1.89. The number of amides is 1. The molecule has 0 saturated heterocycles. The molecule has 1 N–H and O–H groups in total. The van der Waals surface area contributed by atoms with E-state index in [0.717, 1.165) is 18.4 Å². The third kappa shape index (κ3) is 4.74. The minimum atomic E-state index is -0.482. The number of benzene rings is 1. The molecule has 150 valence electrons. The first-order valence-corrected chi connectivity index (χ1v) is 10.8. The van der Waals surface area contributed by atoms with Crippen LogP contribution in [0.1, 0.15) is 43.0 Å². The smallest absolute Gasteiger partial charge is 0.341 e. The van der Waals surface area contributed by atoms with Gasteiger partial charge in [0.25, 0.3) is 0 Å². The number of hydrogen-bond donors (Lipinski definition) is 1. The summed E-state index contributed by atoms with van der Waals surface area (Å²) in [5.41, 5.74) is 1.74. The van der Waals surface area contributed by atoms with Crippen molar-refractivity contribution in [3.8, 4) is 11.1 Å². The predicted octanol–water partition coefficient (Wildman–Crippen LogP) is 5.06. The Morgan fingerprint density at radius 2 is 1.93 bits per heavy atom. The monoisotopic (exact) mass is 420 g/mol. The van der Waals surface area contributed by atoms with E-state index in [1.165, 1.54) is 24.2 Å². The number of rotatable bonds is 7. The fraction of sp³-hybridized carbons (Fsp3) is 0.429. The molecule has 3 rings (SSSR count). The number of thiophene rings is 1. The largest absolute Gasteiger partial charge is 0.462 e. The molecule has 1 aromatic carbocycles. The van der Waals surface area contributed by atoms with E-state index >= 15 is 0 Å². The van der Waals surface area contributed by atoms with E-state index in [-0.39, 0.29) is 19.1 Å². The Bertz CT molecular complexity index is 832. The van der Waals surface area contributed by atoms with Gasteiger partial charge in [-0.2, -0.15) is 0 Å². The average Bonchev–Trinajstić information content (AvgIpc) is 3.30. The van der Waals surface area contributed by atoms with Crippen molar-refractivity contribution >= 4 is 39.8 Å². The molecule has 1 fully saturated rings. The van der Waals surface area contributed by atoms with Gasteiger partial charge in [-0.1, -0.05) is 54.8 Å². The number of nitrogens with zero attached hydrogens (tertiary/aromatic N) is 1. The molecule has 7 heteroatoms. The lowest BCUT2D eigenvalue weighted by molar-refractivity contribution is -0.117. The van der Waals surface area contributed by atoms with Crippen molar-refractivity contribution in [2.75, 3.05) is 25.5 Å². The maximum atomic E-state index is 12.6. The van der Waals surface area contributed by atoms with Crippen molar-refractivity contribution in [1.82, 2.24) is 4.90 Å². The van der Waals surface area contributed by atoms with Crippen LogP contribution in [0.4, 0.5) is 5.00 Å². The number of esters is 1. The Balaban J connectivity index is 1.85. The first kappa shape index (κ1) is 20.8. The highest BCUT2D eigenvalue weighted by Gasteiger charge is 2.27. The van der Waals surface area contributed by atoms with Crippen molar-refractivity contribution in [3.63, 3.8) is 0 Å². The number of halogens is 1. The summed E-state index contributed by atoms with van der Waals surface area (Å²) in [6.07, 6.45) is 4.68. The van der Waals surface area contributed by atoms with E-state index in [9.17, 15) is 9.59 Å². The molecular formula is C21H25ClN2O3S. The van der Waals surface area contributed by atoms with Crippen molar-refractivity contribution < 1.29 is 14.3 Å². The van der Waals surface area contributed by atoms with Gasteiger partial charge in [0.05, 0.1) is 13.2 Å². The highest BCUT2D eigenvalue weighted by Crippen LogP contribution is 2.44. The summed E-state index contributed by atoms with van der Waals surface area (Å²) in [5.74, 6) is -0.638. The van der Waals surface area contributed by atoms with Gasteiger partial charge in [-0.15, -0.1) is 11.3 Å². The van der Waals surface area contributed by atoms with Crippen LogP contribution >= 0.6 is 22.9 Å². The van der Waals surface area contributed by atoms with Crippen molar-refractivity contribution in [3.05, 3.63) is 40.2 Å². The lowest BCUT2D eigenvalue weighted by atomic mass is 10.0. The Labute approximate surface area is 174 Å². The minimum Gasteiger partial charge on any atom is -0.462 e. The molecular weight excluding hydrogens is 396 g/mol. The number of nitrogens with one attached hydrogen (secondary N) is 1. The molecule has 0 atom stereocenters. The zero-order valence-electron chi connectivity index (χ0n) is 16.2. The van der Waals surface area contributed by atoms with Crippen molar-refractivity contribution in [1.29, 1.82) is 0 Å². The zero-order chi connectivity index (χ0) is 20.1. The van der Waals surface area contributed by atoms with Gasteiger partial charge in [0.15, 0.2) is 0 Å². The molecule has 28 heavy (non-hydrogen) atoms. The van der Waals surface area contributed by atoms with Gasteiger partial charge in [0, 0.05) is 11.6 Å². The van der Waals surface area contributed by atoms with E-state index in [1.807, 2.05) is 37.4 Å². The standard InChI is InChI=1S/C21H25ClN2O3S/c1-3-27-21(26)18-17(14-9-5-4-6-10-14)19(22)28-20(18)23-16(25)13-24(2)15-11-7-8-12-15/h4-6,9-10,15H,3,7-8,11-13H2,1-2H3,(H,23,25). The van der Waals surface area contributed by atoms with Gasteiger partial charge < -0.3 is 10.1 Å². The number of carbonyl (C=O) groups is 2. The molecule has 1 amide bonds. The quantitative estimate of drug-likeness (QED) is 0.636.